The number of amides is 1. The van der Waals surface area contributed by atoms with Crippen molar-refractivity contribution in [1.82, 2.24) is 19.3 Å². The largest absolute Gasteiger partial charge is 0.388 e. The first kappa shape index (κ1) is 22.8. The van der Waals surface area contributed by atoms with Gasteiger partial charge in [-0.3, -0.25) is 9.59 Å². The molecule has 5 rings (SSSR count). The van der Waals surface area contributed by atoms with Crippen LogP contribution in [-0.4, -0.2) is 30.4 Å². The van der Waals surface area contributed by atoms with Crippen molar-refractivity contribution in [2.45, 2.75) is 26.0 Å². The monoisotopic (exact) mass is 495 g/mol. The van der Waals surface area contributed by atoms with Crippen LogP contribution in [0.3, 0.4) is 0 Å². The van der Waals surface area contributed by atoms with E-state index >= 15 is 4.39 Å². The molecule has 0 aliphatic heterocycles. The van der Waals surface area contributed by atoms with Crippen molar-refractivity contribution in [3.05, 3.63) is 81.5 Å². The third kappa shape index (κ3) is 4.41. The Balaban J connectivity index is 1.44. The minimum Gasteiger partial charge on any atom is -0.388 e. The highest BCUT2D eigenvalue weighted by atomic mass is 35.5. The number of nitrogens with one attached hydrogen (secondary N) is 1. The van der Waals surface area contributed by atoms with Crippen LogP contribution in [0.15, 0.2) is 64.0 Å². The van der Waals surface area contributed by atoms with Gasteiger partial charge in [-0.15, -0.1) is 0 Å². The molecule has 3 aromatic heterocycles. The Labute approximate surface area is 202 Å². The second-order valence-corrected chi connectivity index (χ2v) is 8.42. The van der Waals surface area contributed by atoms with E-state index in [0.717, 1.165) is 4.74 Å². The first-order chi connectivity index (χ1) is 16.8. The molecule has 0 radical (unpaired) electrons. The molecule has 178 valence electrons. The van der Waals surface area contributed by atoms with Gasteiger partial charge in [0.15, 0.2) is 17.0 Å². The number of anilines is 1. The number of carbonyl (C=O) groups is 1. The van der Waals surface area contributed by atoms with Crippen molar-refractivity contribution >= 4 is 39.9 Å². The molecule has 5 aromatic rings. The van der Waals surface area contributed by atoms with Crippen LogP contribution in [0.5, 0.6) is 0 Å². The average molecular weight is 496 g/mol. The van der Waals surface area contributed by atoms with Crippen LogP contribution < -0.4 is 10.9 Å². The second-order valence-electron chi connectivity index (χ2n) is 7.98. The number of carbonyl (C=O) groups excluding carboxylic acids is 1. The minimum absolute atomic E-state index is 0.0528. The molecule has 0 saturated heterocycles. The number of hydrogen-bond acceptors (Lipinski definition) is 6. The summed E-state index contributed by atoms with van der Waals surface area (Å²) in [6.45, 7) is 1.42. The van der Waals surface area contributed by atoms with E-state index in [1.807, 2.05) is 0 Å². The van der Waals surface area contributed by atoms with Gasteiger partial charge in [0.1, 0.15) is 11.2 Å². The van der Waals surface area contributed by atoms with Gasteiger partial charge >= 0.3 is 0 Å². The van der Waals surface area contributed by atoms with Crippen LogP contribution in [0.4, 0.5) is 10.2 Å². The molecule has 11 heteroatoms. The Kier molecular flexibility index (Phi) is 5.83. The van der Waals surface area contributed by atoms with Crippen molar-refractivity contribution < 1.29 is 18.8 Å². The SMILES string of the molecule is CC(=O)Nc1cn2nc(-c3ccc4on(CCC(O)c5ccc(Cl)cc5)c(=O)c4c3F)ccc2n1. The van der Waals surface area contributed by atoms with Gasteiger partial charge in [-0.2, -0.15) is 9.84 Å². The van der Waals surface area contributed by atoms with Crippen molar-refractivity contribution in [2.24, 2.45) is 0 Å². The average Bonchev–Trinajstić information content (AvgIpc) is 3.37. The molecule has 0 aliphatic rings. The third-order valence-electron chi connectivity index (χ3n) is 5.51. The molecule has 0 aliphatic carbocycles. The summed E-state index contributed by atoms with van der Waals surface area (Å²) in [5.41, 5.74) is 0.946. The molecular formula is C24H19ClFN5O4. The van der Waals surface area contributed by atoms with E-state index < -0.39 is 17.5 Å². The molecule has 0 saturated carbocycles. The topological polar surface area (TPSA) is 115 Å². The van der Waals surface area contributed by atoms with E-state index in [2.05, 4.69) is 15.4 Å². The van der Waals surface area contributed by atoms with Crippen LogP contribution >= 0.6 is 11.6 Å². The molecule has 3 heterocycles. The predicted octanol–water partition coefficient (Wildman–Crippen LogP) is 4.18. The van der Waals surface area contributed by atoms with Crippen LogP contribution in [0.25, 0.3) is 27.9 Å². The number of nitrogens with zero attached hydrogens (tertiary/aromatic N) is 4. The Morgan fingerprint density at radius 2 is 1.97 bits per heavy atom. The van der Waals surface area contributed by atoms with Gasteiger partial charge in [0.25, 0.3) is 5.56 Å². The number of benzene rings is 2. The van der Waals surface area contributed by atoms with E-state index in [-0.39, 0.29) is 41.1 Å². The number of fused-ring (bicyclic) bond motifs is 2. The van der Waals surface area contributed by atoms with Crippen LogP contribution in [0.1, 0.15) is 25.0 Å². The molecule has 1 amide bonds. The van der Waals surface area contributed by atoms with Crippen LogP contribution in [0, 0.1) is 5.82 Å². The highest BCUT2D eigenvalue weighted by molar-refractivity contribution is 6.30. The smallest absolute Gasteiger partial charge is 0.293 e. The molecule has 0 spiro atoms. The molecule has 9 nitrogen and oxygen atoms in total. The lowest BCUT2D eigenvalue weighted by atomic mass is 10.1. The van der Waals surface area contributed by atoms with Crippen molar-refractivity contribution in [1.29, 1.82) is 0 Å². The summed E-state index contributed by atoms with van der Waals surface area (Å²) in [4.78, 5) is 28.4. The Morgan fingerprint density at radius 1 is 1.20 bits per heavy atom. The normalized spacial score (nSPS) is 12.3. The lowest BCUT2D eigenvalue weighted by molar-refractivity contribution is -0.114. The third-order valence-corrected chi connectivity index (χ3v) is 5.77. The zero-order valence-electron chi connectivity index (χ0n) is 18.4. The molecule has 2 N–H and O–H groups in total. The minimum atomic E-state index is -0.846. The predicted molar refractivity (Wildman–Crippen MR) is 128 cm³/mol. The number of aryl methyl sites for hydroxylation is 1. The first-order valence-electron chi connectivity index (χ1n) is 10.7. The number of aromatic nitrogens is 4. The Bertz CT molecular complexity index is 1620. The highest BCUT2D eigenvalue weighted by Gasteiger charge is 2.20. The number of halogens is 2. The molecule has 0 fully saturated rings. The molecule has 1 atom stereocenters. The fraction of sp³-hybridized carbons (Fsp3) is 0.167. The van der Waals surface area contributed by atoms with Gasteiger partial charge in [-0.25, -0.2) is 13.9 Å². The van der Waals surface area contributed by atoms with E-state index in [1.165, 1.54) is 29.8 Å². The van der Waals surface area contributed by atoms with Crippen LogP contribution in [-0.2, 0) is 11.3 Å². The van der Waals surface area contributed by atoms with Gasteiger partial charge in [0.2, 0.25) is 5.91 Å². The summed E-state index contributed by atoms with van der Waals surface area (Å²) in [5.74, 6) is -0.721. The van der Waals surface area contributed by atoms with E-state index in [1.54, 1.807) is 36.4 Å². The number of aliphatic hydroxyl groups excluding tert-OH is 1. The summed E-state index contributed by atoms with van der Waals surface area (Å²) in [5, 5.41) is 17.7. The lowest BCUT2D eigenvalue weighted by Gasteiger charge is -2.10. The number of hydrogen-bond donors (Lipinski definition) is 2. The summed E-state index contributed by atoms with van der Waals surface area (Å²) in [7, 11) is 0. The van der Waals surface area contributed by atoms with E-state index in [9.17, 15) is 14.7 Å². The molecule has 35 heavy (non-hydrogen) atoms. The Morgan fingerprint density at radius 3 is 2.71 bits per heavy atom. The van der Waals surface area contributed by atoms with Crippen molar-refractivity contribution in [2.75, 3.05) is 5.32 Å². The molecular weight excluding hydrogens is 477 g/mol. The Hall–Kier alpha value is -4.02. The second kappa shape index (κ2) is 8.97. The maximum absolute atomic E-state index is 15.5. The molecule has 1 unspecified atom stereocenters. The fourth-order valence-corrected chi connectivity index (χ4v) is 3.95. The van der Waals surface area contributed by atoms with Crippen molar-refractivity contribution in [3.8, 4) is 11.3 Å². The van der Waals surface area contributed by atoms with E-state index in [4.69, 9.17) is 16.1 Å². The number of rotatable bonds is 6. The molecule has 0 bridgehead atoms. The summed E-state index contributed by atoms with van der Waals surface area (Å²) >= 11 is 5.87. The van der Waals surface area contributed by atoms with Gasteiger partial charge in [-0.05, 0) is 48.4 Å². The number of imidazole rings is 1. The zero-order valence-corrected chi connectivity index (χ0v) is 19.2. The maximum Gasteiger partial charge on any atom is 0.293 e. The highest BCUT2D eigenvalue weighted by Crippen LogP contribution is 2.27. The molecule has 2 aromatic carbocycles. The fourth-order valence-electron chi connectivity index (χ4n) is 3.82. The summed E-state index contributed by atoms with van der Waals surface area (Å²) in [6.07, 6.45) is 0.847. The van der Waals surface area contributed by atoms with Crippen LogP contribution in [0.2, 0.25) is 5.02 Å². The van der Waals surface area contributed by atoms with Gasteiger partial charge in [-0.1, -0.05) is 23.7 Å². The summed E-state index contributed by atoms with van der Waals surface area (Å²) in [6, 6.07) is 12.9. The first-order valence-corrected chi connectivity index (χ1v) is 11.1. The van der Waals surface area contributed by atoms with Gasteiger partial charge < -0.3 is 14.9 Å². The van der Waals surface area contributed by atoms with Gasteiger partial charge in [0.05, 0.1) is 24.5 Å². The standard InChI is InChI=1S/C24H19ClFN5O4/c1-13(32)27-20-12-30-21(28-20)9-7-17(29-30)16-6-8-19-22(23(16)26)24(34)31(35-19)11-10-18(33)14-2-4-15(25)5-3-14/h2-9,12,18,33H,10-11H2,1H3,(H,27,32). The van der Waals surface area contributed by atoms with E-state index in [0.29, 0.717) is 22.1 Å². The lowest BCUT2D eigenvalue weighted by Crippen LogP contribution is -2.16. The maximum atomic E-state index is 15.5. The zero-order chi connectivity index (χ0) is 24.7. The van der Waals surface area contributed by atoms with Crippen molar-refractivity contribution in [3.63, 3.8) is 0 Å². The quantitative estimate of drug-likeness (QED) is 0.365. The number of aliphatic hydroxyl groups is 1. The summed E-state index contributed by atoms with van der Waals surface area (Å²) < 4.78 is 23.4. The van der Waals surface area contributed by atoms with Gasteiger partial charge in [0, 0.05) is 17.5 Å².